The van der Waals surface area contributed by atoms with Crippen molar-refractivity contribution >= 4 is 28.1 Å². The minimum absolute atomic E-state index is 0.0886. The first-order valence-electron chi connectivity index (χ1n) is 8.14. The normalized spacial score (nSPS) is 12.6. The molecule has 0 aromatic carbocycles. The Morgan fingerprint density at radius 1 is 1.42 bits per heavy atom. The molecule has 0 saturated carbocycles. The van der Waals surface area contributed by atoms with E-state index in [1.54, 1.807) is 23.0 Å². The lowest BCUT2D eigenvalue weighted by molar-refractivity contribution is 0.294. The van der Waals surface area contributed by atoms with Gasteiger partial charge in [0.05, 0.1) is 23.5 Å². The first-order chi connectivity index (χ1) is 12.5. The maximum Gasteiger partial charge on any atom is 0.159 e. The predicted octanol–water partition coefficient (Wildman–Crippen LogP) is 2.52. The molecule has 134 valence electrons. The number of ether oxygens (including phenoxy) is 1. The van der Waals surface area contributed by atoms with Crippen molar-refractivity contribution in [3.8, 4) is 5.75 Å². The number of aryl methyl sites for hydroxylation is 1. The highest BCUT2D eigenvalue weighted by molar-refractivity contribution is 5.84. The minimum Gasteiger partial charge on any atom is -0.490 e. The van der Waals surface area contributed by atoms with Gasteiger partial charge in [0, 0.05) is 17.8 Å². The Kier molecular flexibility index (Phi) is 3.92. The standard InChI is InChI=1S/C17H18FN7O/c1-9(19)7-26-13-6-25-15(10(13)2)17(22-8-23-25)24-12-5-21-16-11(14(12)18)3-4-20-16/h3-6,8-9H,7,19H2,1-2H3,(H,20,21)(H,22,23,24). The van der Waals surface area contributed by atoms with Crippen LogP contribution < -0.4 is 15.8 Å². The van der Waals surface area contributed by atoms with E-state index < -0.39 is 5.82 Å². The lowest BCUT2D eigenvalue weighted by atomic mass is 10.2. The average Bonchev–Trinajstić information content (AvgIpc) is 3.21. The van der Waals surface area contributed by atoms with Crippen molar-refractivity contribution in [3.63, 3.8) is 0 Å². The SMILES string of the molecule is Cc1c(OCC(C)N)cn2ncnc(Nc3cnc4[nH]ccc4c3F)c12. The molecule has 26 heavy (non-hydrogen) atoms. The van der Waals surface area contributed by atoms with Crippen LogP contribution >= 0.6 is 0 Å². The van der Waals surface area contributed by atoms with Crippen LogP contribution in [-0.2, 0) is 0 Å². The molecule has 0 bridgehead atoms. The maximum atomic E-state index is 14.7. The van der Waals surface area contributed by atoms with Gasteiger partial charge in [-0.1, -0.05) is 0 Å². The Morgan fingerprint density at radius 3 is 3.08 bits per heavy atom. The van der Waals surface area contributed by atoms with E-state index in [-0.39, 0.29) is 11.7 Å². The second kappa shape index (κ2) is 6.26. The van der Waals surface area contributed by atoms with Crippen molar-refractivity contribution in [2.75, 3.05) is 11.9 Å². The molecule has 0 saturated heterocycles. The second-order valence-electron chi connectivity index (χ2n) is 6.16. The number of rotatable bonds is 5. The second-order valence-corrected chi connectivity index (χ2v) is 6.16. The number of anilines is 2. The largest absolute Gasteiger partial charge is 0.490 e. The Hall–Kier alpha value is -3.20. The highest BCUT2D eigenvalue weighted by Crippen LogP contribution is 2.31. The molecular weight excluding hydrogens is 337 g/mol. The van der Waals surface area contributed by atoms with Crippen molar-refractivity contribution < 1.29 is 9.13 Å². The van der Waals surface area contributed by atoms with Crippen LogP contribution in [0.4, 0.5) is 15.9 Å². The van der Waals surface area contributed by atoms with Crippen LogP contribution in [0, 0.1) is 12.7 Å². The van der Waals surface area contributed by atoms with Gasteiger partial charge in [-0.2, -0.15) is 5.10 Å². The predicted molar refractivity (Wildman–Crippen MR) is 96.2 cm³/mol. The number of hydrogen-bond acceptors (Lipinski definition) is 6. The van der Waals surface area contributed by atoms with Crippen molar-refractivity contribution in [1.29, 1.82) is 0 Å². The Labute approximate surface area is 148 Å². The fourth-order valence-electron chi connectivity index (χ4n) is 2.79. The molecule has 0 radical (unpaired) electrons. The molecule has 4 aromatic rings. The number of aromatic amines is 1. The molecule has 0 fully saturated rings. The van der Waals surface area contributed by atoms with Crippen LogP contribution in [0.2, 0.25) is 0 Å². The van der Waals surface area contributed by atoms with Gasteiger partial charge in [0.15, 0.2) is 11.6 Å². The van der Waals surface area contributed by atoms with Gasteiger partial charge in [-0.25, -0.2) is 18.9 Å². The molecule has 0 aliphatic rings. The highest BCUT2D eigenvalue weighted by atomic mass is 19.1. The first-order valence-corrected chi connectivity index (χ1v) is 8.14. The van der Waals surface area contributed by atoms with Crippen LogP contribution in [-0.4, -0.2) is 37.2 Å². The highest BCUT2D eigenvalue weighted by Gasteiger charge is 2.16. The van der Waals surface area contributed by atoms with Gasteiger partial charge in [-0.05, 0) is 19.9 Å². The fraction of sp³-hybridized carbons (Fsp3) is 0.235. The molecule has 0 aliphatic heterocycles. The number of fused-ring (bicyclic) bond motifs is 2. The summed E-state index contributed by atoms with van der Waals surface area (Å²) >= 11 is 0. The maximum absolute atomic E-state index is 14.7. The zero-order valence-corrected chi connectivity index (χ0v) is 14.3. The molecule has 4 heterocycles. The third-order valence-corrected chi connectivity index (χ3v) is 4.06. The van der Waals surface area contributed by atoms with Gasteiger partial charge in [-0.3, -0.25) is 0 Å². The molecular formula is C17H18FN7O. The van der Waals surface area contributed by atoms with Gasteiger partial charge < -0.3 is 20.8 Å². The summed E-state index contributed by atoms with van der Waals surface area (Å²) in [6.07, 6.45) is 6.22. The van der Waals surface area contributed by atoms with Crippen LogP contribution in [0.5, 0.6) is 5.75 Å². The lowest BCUT2D eigenvalue weighted by Crippen LogP contribution is -2.23. The molecule has 1 unspecified atom stereocenters. The van der Waals surface area contributed by atoms with E-state index >= 15 is 0 Å². The Balaban J connectivity index is 1.75. The topological polar surface area (TPSA) is 106 Å². The molecule has 0 spiro atoms. The van der Waals surface area contributed by atoms with Crippen LogP contribution in [0.3, 0.4) is 0 Å². The van der Waals surface area contributed by atoms with Crippen molar-refractivity contribution in [2.45, 2.75) is 19.9 Å². The van der Waals surface area contributed by atoms with E-state index in [9.17, 15) is 4.39 Å². The molecule has 0 amide bonds. The van der Waals surface area contributed by atoms with Crippen LogP contribution in [0.1, 0.15) is 12.5 Å². The number of nitrogens with two attached hydrogens (primary N) is 1. The van der Waals surface area contributed by atoms with E-state index in [1.165, 1.54) is 12.5 Å². The monoisotopic (exact) mass is 355 g/mol. The lowest BCUT2D eigenvalue weighted by Gasteiger charge is -2.09. The number of hydrogen-bond donors (Lipinski definition) is 3. The molecule has 1 atom stereocenters. The van der Waals surface area contributed by atoms with Gasteiger partial charge in [-0.15, -0.1) is 0 Å². The number of nitrogens with one attached hydrogen (secondary N) is 2. The van der Waals surface area contributed by atoms with Crippen molar-refractivity contribution in [1.82, 2.24) is 24.6 Å². The summed E-state index contributed by atoms with van der Waals surface area (Å²) in [5, 5.41) is 7.62. The van der Waals surface area contributed by atoms with Crippen molar-refractivity contribution in [2.24, 2.45) is 5.73 Å². The van der Waals surface area contributed by atoms with E-state index in [1.807, 2.05) is 13.8 Å². The third kappa shape index (κ3) is 2.72. The summed E-state index contributed by atoms with van der Waals surface area (Å²) in [6.45, 7) is 4.14. The molecule has 4 N–H and O–H groups in total. The smallest absolute Gasteiger partial charge is 0.159 e. The summed E-state index contributed by atoms with van der Waals surface area (Å²) in [6, 6.07) is 1.55. The summed E-state index contributed by atoms with van der Waals surface area (Å²) < 4.78 is 22.1. The Morgan fingerprint density at radius 2 is 2.27 bits per heavy atom. The van der Waals surface area contributed by atoms with E-state index in [0.717, 1.165) is 5.56 Å². The van der Waals surface area contributed by atoms with Crippen LogP contribution in [0.25, 0.3) is 16.6 Å². The molecule has 0 aliphatic carbocycles. The number of nitrogens with zero attached hydrogens (tertiary/aromatic N) is 4. The molecule has 8 nitrogen and oxygen atoms in total. The van der Waals surface area contributed by atoms with Gasteiger partial charge in [0.1, 0.15) is 29.8 Å². The van der Waals surface area contributed by atoms with Gasteiger partial charge in [0.2, 0.25) is 0 Å². The molecule has 4 aromatic heterocycles. The Bertz CT molecular complexity index is 1090. The number of halogens is 1. The summed E-state index contributed by atoms with van der Waals surface area (Å²) in [5.74, 6) is 0.722. The molecule has 4 rings (SSSR count). The third-order valence-electron chi connectivity index (χ3n) is 4.06. The zero-order valence-electron chi connectivity index (χ0n) is 14.3. The average molecular weight is 355 g/mol. The minimum atomic E-state index is -0.398. The number of pyridine rings is 1. The quantitative estimate of drug-likeness (QED) is 0.508. The fourth-order valence-corrected chi connectivity index (χ4v) is 2.79. The molecule has 9 heteroatoms. The van der Waals surface area contributed by atoms with E-state index in [4.69, 9.17) is 10.5 Å². The summed E-state index contributed by atoms with van der Waals surface area (Å²) in [5.41, 5.74) is 8.00. The summed E-state index contributed by atoms with van der Waals surface area (Å²) in [4.78, 5) is 11.3. The van der Waals surface area contributed by atoms with Gasteiger partial charge >= 0.3 is 0 Å². The van der Waals surface area contributed by atoms with E-state index in [2.05, 4.69) is 25.4 Å². The van der Waals surface area contributed by atoms with E-state index in [0.29, 0.717) is 34.7 Å². The number of H-pyrrole nitrogens is 1. The number of aromatic nitrogens is 5. The van der Waals surface area contributed by atoms with Crippen molar-refractivity contribution in [3.05, 3.63) is 42.4 Å². The first kappa shape index (κ1) is 16.3. The van der Waals surface area contributed by atoms with Crippen LogP contribution in [0.15, 0.2) is 31.0 Å². The zero-order chi connectivity index (χ0) is 18.3. The van der Waals surface area contributed by atoms with Gasteiger partial charge in [0.25, 0.3) is 0 Å². The summed E-state index contributed by atoms with van der Waals surface area (Å²) in [7, 11) is 0.